The van der Waals surface area contributed by atoms with Crippen molar-refractivity contribution in [1.82, 2.24) is 0 Å². The van der Waals surface area contributed by atoms with Crippen molar-refractivity contribution in [2.24, 2.45) is 10.7 Å². The zero-order valence-electron chi connectivity index (χ0n) is 21.8. The minimum Gasteiger partial charge on any atom is -0.398 e. The predicted octanol–water partition coefficient (Wildman–Crippen LogP) is 7.60. The van der Waals surface area contributed by atoms with Crippen molar-refractivity contribution in [2.75, 3.05) is 0 Å². The van der Waals surface area contributed by atoms with Gasteiger partial charge in [0.15, 0.2) is 0 Å². The second kappa shape index (κ2) is 14.4. The van der Waals surface area contributed by atoms with Crippen LogP contribution in [0.4, 0.5) is 4.39 Å². The van der Waals surface area contributed by atoms with Crippen molar-refractivity contribution in [3.8, 4) is 0 Å². The first kappa shape index (κ1) is 30.1. The van der Waals surface area contributed by atoms with Gasteiger partial charge < -0.3 is 15.6 Å². The second-order valence-electron chi connectivity index (χ2n) is 8.91. The maximum Gasteiger partial charge on any atom is 0.142 e. The van der Waals surface area contributed by atoms with E-state index in [4.69, 9.17) is 22.1 Å². The summed E-state index contributed by atoms with van der Waals surface area (Å²) in [5.74, 6) is -0.518. The largest absolute Gasteiger partial charge is 0.398 e. The lowest BCUT2D eigenvalue weighted by Gasteiger charge is -2.30. The minimum atomic E-state index is -1.18. The van der Waals surface area contributed by atoms with E-state index >= 15 is 0 Å². The molecule has 1 fully saturated rings. The predicted molar refractivity (Wildman–Crippen MR) is 143 cm³/mol. The van der Waals surface area contributed by atoms with Crippen LogP contribution in [0.2, 0.25) is 5.02 Å². The summed E-state index contributed by atoms with van der Waals surface area (Å²) in [5.41, 5.74) is 9.60. The summed E-state index contributed by atoms with van der Waals surface area (Å²) >= 11 is 5.63. The number of ether oxygens (including phenoxy) is 1. The van der Waals surface area contributed by atoms with E-state index in [1.54, 1.807) is 19.2 Å². The van der Waals surface area contributed by atoms with Crippen LogP contribution in [0.3, 0.4) is 0 Å². The molecule has 0 saturated carbocycles. The number of nitrogens with zero attached hydrogens (tertiary/aromatic N) is 1. The van der Waals surface area contributed by atoms with Crippen molar-refractivity contribution in [1.29, 1.82) is 0 Å². The number of aliphatic hydroxyl groups is 1. The molecule has 1 saturated heterocycles. The Hall–Kier alpha value is -1.95. The average Bonchev–Trinajstić information content (AvgIpc) is 3.25. The molecule has 0 amide bonds. The van der Waals surface area contributed by atoms with Crippen LogP contribution in [0.25, 0.3) is 0 Å². The van der Waals surface area contributed by atoms with Gasteiger partial charge >= 0.3 is 0 Å². The highest BCUT2D eigenvalue weighted by Gasteiger charge is 2.39. The van der Waals surface area contributed by atoms with Crippen LogP contribution >= 0.6 is 11.6 Å². The Kier molecular flexibility index (Phi) is 12.8. The number of halogens is 2. The Balaban J connectivity index is 0.000000340. The summed E-state index contributed by atoms with van der Waals surface area (Å²) in [4.78, 5) is 4.33. The molecule has 2 rings (SSSR count). The molecule has 0 aliphatic carbocycles. The average molecular weight is 493 g/mol. The van der Waals surface area contributed by atoms with Crippen LogP contribution in [0, 0.1) is 5.82 Å². The molecule has 6 heteroatoms. The summed E-state index contributed by atoms with van der Waals surface area (Å²) in [5, 5.41) is 10.5. The van der Waals surface area contributed by atoms with Crippen LogP contribution in [0.1, 0.15) is 86.1 Å². The zero-order valence-corrected chi connectivity index (χ0v) is 22.5. The zero-order chi connectivity index (χ0) is 25.9. The lowest BCUT2D eigenvalue weighted by Crippen LogP contribution is -2.36. The first-order valence-corrected chi connectivity index (χ1v) is 12.5. The van der Waals surface area contributed by atoms with E-state index in [9.17, 15) is 9.50 Å². The third-order valence-electron chi connectivity index (χ3n) is 6.10. The summed E-state index contributed by atoms with van der Waals surface area (Å²) in [6.45, 7) is 13.9. The normalized spacial score (nSPS) is 21.7. The SMILES string of the molecule is CC1CCC([C@](C)(O)c2ccc(Cl)c(F)c2)O1.CC=N/C(C)=C(/C=C\CCC)C(\N)=C(/C)CC. The number of allylic oxidation sites excluding steroid dienone is 4. The van der Waals surface area contributed by atoms with E-state index in [2.05, 4.69) is 37.9 Å². The van der Waals surface area contributed by atoms with Gasteiger partial charge in [-0.15, -0.1) is 0 Å². The quantitative estimate of drug-likeness (QED) is 0.290. The van der Waals surface area contributed by atoms with E-state index in [1.807, 2.05) is 20.8 Å². The molecule has 4 nitrogen and oxygen atoms in total. The van der Waals surface area contributed by atoms with E-state index < -0.39 is 11.4 Å². The highest BCUT2D eigenvalue weighted by atomic mass is 35.5. The van der Waals surface area contributed by atoms with Crippen LogP contribution in [-0.2, 0) is 10.3 Å². The Bertz CT molecular complexity index is 919. The van der Waals surface area contributed by atoms with Crippen molar-refractivity contribution in [3.05, 3.63) is 69.3 Å². The molecule has 3 atom stereocenters. The highest BCUT2D eigenvalue weighted by Crippen LogP contribution is 2.35. The van der Waals surface area contributed by atoms with Crippen molar-refractivity contribution in [3.63, 3.8) is 0 Å². The van der Waals surface area contributed by atoms with Gasteiger partial charge in [-0.1, -0.05) is 50.1 Å². The summed E-state index contributed by atoms with van der Waals surface area (Å²) in [6.07, 6.45) is 10.8. The highest BCUT2D eigenvalue weighted by molar-refractivity contribution is 6.30. The van der Waals surface area contributed by atoms with E-state index in [-0.39, 0.29) is 17.2 Å². The molecule has 0 aromatic heterocycles. The van der Waals surface area contributed by atoms with Gasteiger partial charge in [0.05, 0.1) is 17.2 Å². The van der Waals surface area contributed by atoms with Crippen LogP contribution < -0.4 is 5.73 Å². The van der Waals surface area contributed by atoms with Crippen LogP contribution in [0.5, 0.6) is 0 Å². The Morgan fingerprint density at radius 3 is 2.50 bits per heavy atom. The molecule has 1 aliphatic rings. The molecule has 0 radical (unpaired) electrons. The molecular formula is C28H42ClFN2O2. The number of unbranched alkanes of at least 4 members (excludes halogenated alkanes) is 1. The number of aliphatic imine (C=N–C) groups is 1. The first-order valence-electron chi connectivity index (χ1n) is 12.1. The molecule has 34 heavy (non-hydrogen) atoms. The van der Waals surface area contributed by atoms with E-state index in [1.165, 1.54) is 17.7 Å². The van der Waals surface area contributed by atoms with Crippen molar-refractivity contribution >= 4 is 17.8 Å². The fourth-order valence-electron chi connectivity index (χ4n) is 3.67. The number of hydrogen-bond acceptors (Lipinski definition) is 4. The molecule has 1 heterocycles. The monoisotopic (exact) mass is 492 g/mol. The van der Waals surface area contributed by atoms with Crippen molar-refractivity contribution in [2.45, 2.75) is 98.4 Å². The fourth-order valence-corrected chi connectivity index (χ4v) is 3.79. The molecule has 0 bridgehead atoms. The molecule has 1 aromatic carbocycles. The van der Waals surface area contributed by atoms with Gasteiger partial charge in [-0.2, -0.15) is 0 Å². The molecule has 0 spiro atoms. The van der Waals surface area contributed by atoms with Gasteiger partial charge in [0.2, 0.25) is 0 Å². The molecule has 1 aliphatic heterocycles. The van der Waals surface area contributed by atoms with Gasteiger partial charge in [-0.05, 0) is 83.6 Å². The standard InChI is InChI=1S/C15H26N2.C13H16ClFO2/c1-6-9-10-11-14(13(5)17-8-3)15(16)12(4)7-2;1-8-3-6-12(17-8)13(2,16)9-4-5-10(14)11(15)7-9/h8,10-11H,6-7,9,16H2,1-5H3;4-5,7-8,12,16H,3,6H2,1-2H3/b11-10-,14-13-,15-12-,17-8?;/t;8?,12?,13-/m.1/s1. The lowest BCUT2D eigenvalue weighted by atomic mass is 9.88. The van der Waals surface area contributed by atoms with Crippen LogP contribution in [0.15, 0.2) is 57.9 Å². The van der Waals surface area contributed by atoms with Crippen molar-refractivity contribution < 1.29 is 14.2 Å². The maximum atomic E-state index is 13.4. The van der Waals surface area contributed by atoms with Gasteiger partial charge in [-0.25, -0.2) is 4.39 Å². The molecular weight excluding hydrogens is 451 g/mol. The summed E-state index contributed by atoms with van der Waals surface area (Å²) in [7, 11) is 0. The molecule has 2 unspecified atom stereocenters. The number of nitrogens with two attached hydrogens (primary N) is 1. The maximum absolute atomic E-state index is 13.4. The topological polar surface area (TPSA) is 67.8 Å². The van der Waals surface area contributed by atoms with Gasteiger partial charge in [0.25, 0.3) is 0 Å². The summed E-state index contributed by atoms with van der Waals surface area (Å²) < 4.78 is 19.0. The second-order valence-corrected chi connectivity index (χ2v) is 9.32. The lowest BCUT2D eigenvalue weighted by molar-refractivity contribution is -0.0944. The Morgan fingerprint density at radius 2 is 2.00 bits per heavy atom. The van der Waals surface area contributed by atoms with Crippen LogP contribution in [-0.4, -0.2) is 23.5 Å². The Morgan fingerprint density at radius 1 is 1.32 bits per heavy atom. The number of rotatable bonds is 8. The third kappa shape index (κ3) is 8.68. The third-order valence-corrected chi connectivity index (χ3v) is 6.40. The smallest absolute Gasteiger partial charge is 0.142 e. The molecule has 1 aromatic rings. The number of hydrogen-bond donors (Lipinski definition) is 2. The molecule has 3 N–H and O–H groups in total. The van der Waals surface area contributed by atoms with Gasteiger partial charge in [0, 0.05) is 23.2 Å². The molecule has 190 valence electrons. The van der Waals surface area contributed by atoms with Gasteiger partial charge in [-0.3, -0.25) is 4.99 Å². The fraction of sp³-hybridized carbons (Fsp3) is 0.536. The van der Waals surface area contributed by atoms with Gasteiger partial charge in [0.1, 0.15) is 11.4 Å². The minimum absolute atomic E-state index is 0.0604. The van der Waals surface area contributed by atoms with E-state index in [0.29, 0.717) is 5.56 Å². The Labute approximate surface area is 210 Å². The summed E-state index contributed by atoms with van der Waals surface area (Å²) in [6, 6.07) is 4.37. The first-order chi connectivity index (χ1) is 16.0. The van der Waals surface area contributed by atoms with E-state index in [0.717, 1.165) is 49.1 Å². The number of benzene rings is 1.